The molecule has 0 heterocycles. The summed E-state index contributed by atoms with van der Waals surface area (Å²) in [5.41, 5.74) is 0. The predicted molar refractivity (Wildman–Crippen MR) is 160 cm³/mol. The zero-order chi connectivity index (χ0) is 25.9. The summed E-state index contributed by atoms with van der Waals surface area (Å²) in [7, 11) is 0. The maximum absolute atomic E-state index is 5.68. The van der Waals surface area contributed by atoms with Gasteiger partial charge in [-0.1, -0.05) is 162 Å². The van der Waals surface area contributed by atoms with Gasteiger partial charge in [-0.05, 0) is 26.7 Å². The monoisotopic (exact) mass is 499 g/mol. The molecule has 0 aromatic heterocycles. The molecule has 0 saturated carbocycles. The van der Waals surface area contributed by atoms with Crippen molar-refractivity contribution in [3.05, 3.63) is 0 Å². The van der Waals surface area contributed by atoms with Gasteiger partial charge in [-0.25, -0.2) is 0 Å². The number of rotatable bonds is 29. The lowest BCUT2D eigenvalue weighted by Crippen LogP contribution is -1.96. The van der Waals surface area contributed by atoms with Crippen molar-refractivity contribution >= 4 is 0 Å². The van der Waals surface area contributed by atoms with Crippen molar-refractivity contribution in [1.29, 1.82) is 0 Å². The van der Waals surface area contributed by atoms with E-state index in [1.807, 2.05) is 13.8 Å². The van der Waals surface area contributed by atoms with Gasteiger partial charge in [0, 0.05) is 26.4 Å². The fraction of sp³-hybridized carbons (Fsp3) is 1.00. The highest BCUT2D eigenvalue weighted by molar-refractivity contribution is 4.51. The third kappa shape index (κ3) is 41.3. The van der Waals surface area contributed by atoms with Gasteiger partial charge in [0.15, 0.2) is 0 Å². The summed E-state index contributed by atoms with van der Waals surface area (Å²) in [6, 6.07) is 0. The quantitative estimate of drug-likeness (QED) is 0.0954. The van der Waals surface area contributed by atoms with Crippen LogP contribution in [0.1, 0.15) is 188 Å². The van der Waals surface area contributed by atoms with Crippen LogP contribution in [0.25, 0.3) is 0 Å². The first kappa shape index (κ1) is 37.1. The minimum atomic E-state index is 0.844. The number of unbranched alkanes of at least 4 members (excludes halogenated alkanes) is 23. The summed E-state index contributed by atoms with van der Waals surface area (Å²) in [6.07, 6.45) is 35.8. The Morgan fingerprint density at radius 1 is 0.257 bits per heavy atom. The SMILES string of the molecule is CCCCCCCCCCCCCCCCCCCCCCCCOCCCCC.CCOCC. The molecule has 0 amide bonds. The fourth-order valence-electron chi connectivity index (χ4n) is 4.57. The summed E-state index contributed by atoms with van der Waals surface area (Å²) in [5.74, 6) is 0. The van der Waals surface area contributed by atoms with Crippen LogP contribution in [-0.2, 0) is 9.47 Å². The van der Waals surface area contributed by atoms with E-state index in [0.29, 0.717) is 0 Å². The van der Waals surface area contributed by atoms with Crippen molar-refractivity contribution in [2.45, 2.75) is 188 Å². The Labute approximate surface area is 224 Å². The maximum Gasteiger partial charge on any atom is 0.0466 e. The molecule has 2 heteroatoms. The molecule has 0 atom stereocenters. The number of ether oxygens (including phenoxy) is 2. The average molecular weight is 499 g/mol. The van der Waals surface area contributed by atoms with E-state index in [2.05, 4.69) is 13.8 Å². The van der Waals surface area contributed by atoms with Crippen LogP contribution in [0.3, 0.4) is 0 Å². The van der Waals surface area contributed by atoms with Crippen LogP contribution < -0.4 is 0 Å². The van der Waals surface area contributed by atoms with E-state index < -0.39 is 0 Å². The van der Waals surface area contributed by atoms with Gasteiger partial charge in [-0.3, -0.25) is 0 Å². The Kier molecular flexibility index (Phi) is 40.7. The molecule has 0 aliphatic rings. The molecule has 0 aromatic rings. The highest BCUT2D eigenvalue weighted by Gasteiger charge is 1.96. The second-order valence-corrected chi connectivity index (χ2v) is 10.5. The molecular formula is C33H70O2. The smallest absolute Gasteiger partial charge is 0.0466 e. The highest BCUT2D eigenvalue weighted by Crippen LogP contribution is 2.15. The standard InChI is InChI=1S/C29H60O.C4H10O/c1-3-5-7-8-9-10-11-12-13-14-15-16-17-18-19-20-21-22-23-24-25-27-29-30-28-26-6-4-2;1-3-5-4-2/h3-29H2,1-2H3;3-4H2,1-2H3. The average Bonchev–Trinajstić information content (AvgIpc) is 2.87. The molecule has 0 N–H and O–H groups in total. The first-order chi connectivity index (χ1) is 17.3. The molecule has 0 fully saturated rings. The molecule has 35 heavy (non-hydrogen) atoms. The predicted octanol–water partition coefficient (Wildman–Crippen LogP) is 11.8. The van der Waals surface area contributed by atoms with E-state index >= 15 is 0 Å². The zero-order valence-corrected chi connectivity index (χ0v) is 25.3. The summed E-state index contributed by atoms with van der Waals surface area (Å²) in [5, 5.41) is 0. The Morgan fingerprint density at radius 3 is 0.743 bits per heavy atom. The Balaban J connectivity index is 0. The molecule has 0 rings (SSSR count). The molecule has 0 aliphatic carbocycles. The second-order valence-electron chi connectivity index (χ2n) is 10.5. The lowest BCUT2D eigenvalue weighted by molar-refractivity contribution is 0.126. The van der Waals surface area contributed by atoms with E-state index in [4.69, 9.17) is 9.47 Å². The molecule has 0 spiro atoms. The summed E-state index contributed by atoms with van der Waals surface area (Å²) >= 11 is 0. The summed E-state index contributed by atoms with van der Waals surface area (Å²) < 4.78 is 10.5. The largest absolute Gasteiger partial charge is 0.382 e. The lowest BCUT2D eigenvalue weighted by Gasteiger charge is -2.05. The molecule has 0 bridgehead atoms. The third-order valence-corrected chi connectivity index (χ3v) is 6.94. The maximum atomic E-state index is 5.68. The van der Waals surface area contributed by atoms with Gasteiger partial charge >= 0.3 is 0 Å². The van der Waals surface area contributed by atoms with Gasteiger partial charge in [0.1, 0.15) is 0 Å². The number of hydrogen-bond donors (Lipinski definition) is 0. The zero-order valence-electron chi connectivity index (χ0n) is 25.3. The summed E-state index contributed by atoms with van der Waals surface area (Å²) in [4.78, 5) is 0. The Morgan fingerprint density at radius 2 is 0.486 bits per heavy atom. The van der Waals surface area contributed by atoms with Gasteiger partial charge in [-0.15, -0.1) is 0 Å². The first-order valence-electron chi connectivity index (χ1n) is 16.5. The molecule has 2 nitrogen and oxygen atoms in total. The van der Waals surface area contributed by atoms with Crippen LogP contribution in [0.4, 0.5) is 0 Å². The molecule has 0 unspecified atom stereocenters. The van der Waals surface area contributed by atoms with Crippen molar-refractivity contribution < 1.29 is 9.47 Å². The van der Waals surface area contributed by atoms with Crippen molar-refractivity contribution in [1.82, 2.24) is 0 Å². The van der Waals surface area contributed by atoms with Gasteiger partial charge < -0.3 is 9.47 Å². The lowest BCUT2D eigenvalue weighted by atomic mass is 10.0. The van der Waals surface area contributed by atoms with Gasteiger partial charge in [0.05, 0.1) is 0 Å². The van der Waals surface area contributed by atoms with E-state index in [-0.39, 0.29) is 0 Å². The van der Waals surface area contributed by atoms with Crippen LogP contribution in [0.2, 0.25) is 0 Å². The molecule has 0 aromatic carbocycles. The van der Waals surface area contributed by atoms with Crippen molar-refractivity contribution in [3.63, 3.8) is 0 Å². The van der Waals surface area contributed by atoms with E-state index in [9.17, 15) is 0 Å². The summed E-state index contributed by atoms with van der Waals surface area (Å²) in [6.45, 7) is 12.2. The van der Waals surface area contributed by atoms with Gasteiger partial charge in [-0.2, -0.15) is 0 Å². The van der Waals surface area contributed by atoms with Crippen LogP contribution in [-0.4, -0.2) is 26.4 Å². The van der Waals surface area contributed by atoms with Gasteiger partial charge in [0.25, 0.3) is 0 Å². The molecule has 0 aliphatic heterocycles. The first-order valence-corrected chi connectivity index (χ1v) is 16.5. The Bertz CT molecular complexity index is 288. The minimum absolute atomic E-state index is 0.844. The van der Waals surface area contributed by atoms with Crippen LogP contribution in [0.15, 0.2) is 0 Å². The topological polar surface area (TPSA) is 18.5 Å². The van der Waals surface area contributed by atoms with E-state index in [1.165, 1.54) is 161 Å². The molecule has 214 valence electrons. The fourth-order valence-corrected chi connectivity index (χ4v) is 4.57. The highest BCUT2D eigenvalue weighted by atomic mass is 16.5. The second kappa shape index (κ2) is 38.5. The molecule has 0 radical (unpaired) electrons. The molecule has 0 saturated heterocycles. The normalized spacial score (nSPS) is 11.0. The number of hydrogen-bond acceptors (Lipinski definition) is 2. The minimum Gasteiger partial charge on any atom is -0.382 e. The van der Waals surface area contributed by atoms with Crippen molar-refractivity contribution in [2.75, 3.05) is 26.4 Å². The van der Waals surface area contributed by atoms with Crippen molar-refractivity contribution in [3.8, 4) is 0 Å². The third-order valence-electron chi connectivity index (χ3n) is 6.94. The van der Waals surface area contributed by atoms with Crippen LogP contribution >= 0.6 is 0 Å². The van der Waals surface area contributed by atoms with Gasteiger partial charge in [0.2, 0.25) is 0 Å². The Hall–Kier alpha value is -0.0800. The van der Waals surface area contributed by atoms with Crippen molar-refractivity contribution in [2.24, 2.45) is 0 Å². The van der Waals surface area contributed by atoms with Crippen LogP contribution in [0.5, 0.6) is 0 Å². The molecular weight excluding hydrogens is 428 g/mol. The van der Waals surface area contributed by atoms with E-state index in [1.54, 1.807) is 0 Å². The van der Waals surface area contributed by atoms with Crippen LogP contribution in [0, 0.1) is 0 Å². The van der Waals surface area contributed by atoms with E-state index in [0.717, 1.165) is 26.4 Å².